The van der Waals surface area contributed by atoms with Gasteiger partial charge in [-0.3, -0.25) is 14.5 Å². The fourth-order valence-electron chi connectivity index (χ4n) is 3.53. The SMILES string of the molecule is CC(=O)N(c1nc(/C=C/C(=O)Nc2cccc(-c3nnnn3C3CC3)c2)cs1)c1ccccc1F. The van der Waals surface area contributed by atoms with Crippen LogP contribution in [0.15, 0.2) is 60.0 Å². The molecular weight excluding hydrogens is 469 g/mol. The molecule has 0 bridgehead atoms. The molecule has 1 saturated carbocycles. The molecule has 2 heterocycles. The van der Waals surface area contributed by atoms with Gasteiger partial charge in [0.15, 0.2) is 11.0 Å². The maximum atomic E-state index is 14.2. The van der Waals surface area contributed by atoms with Gasteiger partial charge in [-0.05, 0) is 53.6 Å². The smallest absolute Gasteiger partial charge is 0.248 e. The van der Waals surface area contributed by atoms with Gasteiger partial charge in [-0.25, -0.2) is 14.1 Å². The number of rotatable bonds is 7. The number of carbonyl (C=O) groups excluding carboxylic acids is 2. The first-order valence-corrected chi connectivity index (χ1v) is 11.8. The third-order valence-electron chi connectivity index (χ3n) is 5.29. The van der Waals surface area contributed by atoms with Crippen LogP contribution in [0.4, 0.5) is 20.9 Å². The van der Waals surface area contributed by atoms with Gasteiger partial charge in [-0.1, -0.05) is 24.3 Å². The zero-order valence-corrected chi connectivity index (χ0v) is 19.4. The topological polar surface area (TPSA) is 106 Å². The van der Waals surface area contributed by atoms with Gasteiger partial charge < -0.3 is 5.32 Å². The van der Waals surface area contributed by atoms with Crippen molar-refractivity contribution in [2.45, 2.75) is 25.8 Å². The summed E-state index contributed by atoms with van der Waals surface area (Å²) in [4.78, 5) is 30.3. The minimum atomic E-state index is -0.525. The molecule has 1 fully saturated rings. The number of benzene rings is 2. The van der Waals surface area contributed by atoms with E-state index in [4.69, 9.17) is 0 Å². The lowest BCUT2D eigenvalue weighted by Crippen LogP contribution is -2.23. The summed E-state index contributed by atoms with van der Waals surface area (Å²) < 4.78 is 16.1. The zero-order chi connectivity index (χ0) is 24.4. The van der Waals surface area contributed by atoms with E-state index in [0.717, 1.165) is 18.4 Å². The Morgan fingerprint density at radius 3 is 2.80 bits per heavy atom. The van der Waals surface area contributed by atoms with Crippen LogP contribution in [-0.2, 0) is 9.59 Å². The van der Waals surface area contributed by atoms with Gasteiger partial charge in [0.1, 0.15) is 5.82 Å². The molecule has 35 heavy (non-hydrogen) atoms. The van der Waals surface area contributed by atoms with Gasteiger partial charge in [0.25, 0.3) is 0 Å². The second kappa shape index (κ2) is 9.55. The predicted molar refractivity (Wildman–Crippen MR) is 131 cm³/mol. The summed E-state index contributed by atoms with van der Waals surface area (Å²) in [5.41, 5.74) is 2.00. The van der Waals surface area contributed by atoms with Crippen molar-refractivity contribution in [2.24, 2.45) is 0 Å². The Morgan fingerprint density at radius 2 is 2.03 bits per heavy atom. The molecule has 0 saturated heterocycles. The maximum Gasteiger partial charge on any atom is 0.248 e. The van der Waals surface area contributed by atoms with Crippen LogP contribution in [0.1, 0.15) is 31.5 Å². The highest BCUT2D eigenvalue weighted by atomic mass is 32.1. The van der Waals surface area contributed by atoms with E-state index in [0.29, 0.717) is 28.4 Å². The van der Waals surface area contributed by atoms with E-state index in [9.17, 15) is 14.0 Å². The molecule has 0 spiro atoms. The number of anilines is 3. The Labute approximate surface area is 203 Å². The van der Waals surface area contributed by atoms with Gasteiger partial charge in [-0.15, -0.1) is 16.4 Å². The highest BCUT2D eigenvalue weighted by Gasteiger charge is 2.28. The van der Waals surface area contributed by atoms with Crippen LogP contribution in [0.3, 0.4) is 0 Å². The average Bonchev–Trinajstić information content (AvgIpc) is 3.37. The van der Waals surface area contributed by atoms with Crippen molar-refractivity contribution >= 4 is 45.7 Å². The average molecular weight is 490 g/mol. The molecule has 1 aliphatic carbocycles. The molecule has 11 heteroatoms. The Bertz CT molecular complexity index is 1430. The second-order valence-electron chi connectivity index (χ2n) is 7.94. The normalized spacial score (nSPS) is 13.2. The molecular formula is C24H20FN7O2S. The number of tetrazole rings is 1. The van der Waals surface area contributed by atoms with E-state index < -0.39 is 5.82 Å². The van der Waals surface area contributed by atoms with Crippen LogP contribution in [0.25, 0.3) is 17.5 Å². The first-order valence-electron chi connectivity index (χ1n) is 10.9. The van der Waals surface area contributed by atoms with E-state index in [1.165, 1.54) is 47.4 Å². The summed E-state index contributed by atoms with van der Waals surface area (Å²) in [6.45, 7) is 1.34. The predicted octanol–water partition coefficient (Wildman–Crippen LogP) is 4.61. The summed E-state index contributed by atoms with van der Waals surface area (Å²) in [6, 6.07) is 13.6. The number of nitrogens with zero attached hydrogens (tertiary/aromatic N) is 6. The molecule has 1 N–H and O–H groups in total. The first kappa shape index (κ1) is 22.5. The molecule has 4 aromatic rings. The van der Waals surface area contributed by atoms with Crippen molar-refractivity contribution in [3.8, 4) is 11.4 Å². The van der Waals surface area contributed by atoms with Crippen LogP contribution in [0.2, 0.25) is 0 Å². The van der Waals surface area contributed by atoms with Crippen molar-refractivity contribution < 1.29 is 14.0 Å². The summed E-state index contributed by atoms with van der Waals surface area (Å²) in [5.74, 6) is -0.580. The number of thiazole rings is 1. The summed E-state index contributed by atoms with van der Waals surface area (Å²) in [6.07, 6.45) is 5.00. The van der Waals surface area contributed by atoms with Crippen LogP contribution in [0, 0.1) is 5.82 Å². The zero-order valence-electron chi connectivity index (χ0n) is 18.6. The quantitative estimate of drug-likeness (QED) is 0.380. The number of hydrogen-bond acceptors (Lipinski definition) is 7. The molecule has 0 unspecified atom stereocenters. The molecule has 2 aromatic carbocycles. The maximum absolute atomic E-state index is 14.2. The van der Waals surface area contributed by atoms with Gasteiger partial charge in [0, 0.05) is 29.6 Å². The third-order valence-corrected chi connectivity index (χ3v) is 6.13. The minimum Gasteiger partial charge on any atom is -0.322 e. The Morgan fingerprint density at radius 1 is 1.20 bits per heavy atom. The number of para-hydroxylation sites is 1. The first-order chi connectivity index (χ1) is 17.0. The molecule has 0 atom stereocenters. The lowest BCUT2D eigenvalue weighted by Gasteiger charge is -2.18. The van der Waals surface area contributed by atoms with Crippen LogP contribution in [0.5, 0.6) is 0 Å². The van der Waals surface area contributed by atoms with Crippen molar-refractivity contribution in [3.05, 3.63) is 71.5 Å². The van der Waals surface area contributed by atoms with E-state index in [1.54, 1.807) is 23.6 Å². The standard InChI is InChI=1S/C24H20FN7O2S/c1-15(33)31(21-8-3-2-7-20(21)25)24-27-18(14-35-24)9-12-22(34)26-17-6-4-5-16(13-17)23-28-29-30-32(23)19-10-11-19/h2-9,12-14,19H,10-11H2,1H3,(H,26,34)/b12-9+. The molecule has 5 rings (SSSR count). The second-order valence-corrected chi connectivity index (χ2v) is 8.78. The van der Waals surface area contributed by atoms with Gasteiger partial charge in [-0.2, -0.15) is 0 Å². The number of nitrogens with one attached hydrogen (secondary N) is 1. The number of halogens is 1. The molecule has 9 nitrogen and oxygen atoms in total. The van der Waals surface area contributed by atoms with Crippen molar-refractivity contribution in [3.63, 3.8) is 0 Å². The van der Waals surface area contributed by atoms with Gasteiger partial charge in [0.05, 0.1) is 17.4 Å². The fraction of sp³-hybridized carbons (Fsp3) is 0.167. The summed E-state index contributed by atoms with van der Waals surface area (Å²) in [7, 11) is 0. The lowest BCUT2D eigenvalue weighted by molar-refractivity contribution is -0.116. The number of carbonyl (C=O) groups is 2. The third kappa shape index (κ3) is 4.99. The summed E-state index contributed by atoms with van der Waals surface area (Å²) in [5, 5.41) is 16.8. The van der Waals surface area contributed by atoms with E-state index >= 15 is 0 Å². The van der Waals surface area contributed by atoms with Crippen molar-refractivity contribution in [1.82, 2.24) is 25.2 Å². The van der Waals surface area contributed by atoms with E-state index in [1.807, 2.05) is 22.9 Å². The Balaban J connectivity index is 1.28. The molecule has 176 valence electrons. The van der Waals surface area contributed by atoms with E-state index in [2.05, 4.69) is 25.8 Å². The highest BCUT2D eigenvalue weighted by Crippen LogP contribution is 2.37. The number of amides is 2. The van der Waals surface area contributed by atoms with Gasteiger partial charge in [0.2, 0.25) is 11.8 Å². The fourth-order valence-corrected chi connectivity index (χ4v) is 4.37. The highest BCUT2D eigenvalue weighted by molar-refractivity contribution is 7.14. The molecule has 1 aliphatic rings. The molecule has 0 radical (unpaired) electrons. The lowest BCUT2D eigenvalue weighted by atomic mass is 10.2. The van der Waals surface area contributed by atoms with Crippen LogP contribution < -0.4 is 10.2 Å². The minimum absolute atomic E-state index is 0.121. The Hall–Kier alpha value is -4.25. The van der Waals surface area contributed by atoms with E-state index in [-0.39, 0.29) is 17.5 Å². The molecule has 2 amide bonds. The molecule has 0 aliphatic heterocycles. The monoisotopic (exact) mass is 489 g/mol. The summed E-state index contributed by atoms with van der Waals surface area (Å²) >= 11 is 1.18. The number of hydrogen-bond donors (Lipinski definition) is 1. The molecule has 2 aromatic heterocycles. The van der Waals surface area contributed by atoms with Crippen LogP contribution in [-0.4, -0.2) is 37.0 Å². The largest absolute Gasteiger partial charge is 0.322 e. The van der Waals surface area contributed by atoms with Crippen molar-refractivity contribution in [2.75, 3.05) is 10.2 Å². The van der Waals surface area contributed by atoms with Crippen LogP contribution >= 0.6 is 11.3 Å². The van der Waals surface area contributed by atoms with Crippen molar-refractivity contribution in [1.29, 1.82) is 0 Å². The number of aromatic nitrogens is 5. The van der Waals surface area contributed by atoms with Gasteiger partial charge >= 0.3 is 0 Å². The Kier molecular flexibility index (Phi) is 6.15.